The second-order valence-electron chi connectivity index (χ2n) is 31.2. The van der Waals surface area contributed by atoms with E-state index in [9.17, 15) is 33.6 Å². The molecule has 0 heterocycles. The summed E-state index contributed by atoms with van der Waals surface area (Å²) in [6.07, 6.45) is 43.6. The van der Waals surface area contributed by atoms with Crippen LogP contribution in [0.4, 0.5) is 0 Å². The fourth-order valence-corrected chi connectivity index (χ4v) is 12.3. The van der Waals surface area contributed by atoms with E-state index in [0.29, 0.717) is 103 Å². The van der Waals surface area contributed by atoms with Crippen molar-refractivity contribution in [3.8, 4) is 0 Å². The van der Waals surface area contributed by atoms with E-state index < -0.39 is 0 Å². The third-order valence-electron chi connectivity index (χ3n) is 23.6. The van der Waals surface area contributed by atoms with Crippen LogP contribution in [0.1, 0.15) is 290 Å². The maximum Gasteiger partial charge on any atom is 0.155 e. The largest absolute Gasteiger partial charge is 0.381 e. The summed E-state index contributed by atoms with van der Waals surface area (Å²) in [4.78, 5) is 76.1. The molecule has 0 fully saturated rings. The highest BCUT2D eigenvalue weighted by Gasteiger charge is 2.39. The smallest absolute Gasteiger partial charge is 0.155 e. The van der Waals surface area contributed by atoms with Crippen molar-refractivity contribution >= 4 is 41.0 Å². The van der Waals surface area contributed by atoms with Gasteiger partial charge in [0.2, 0.25) is 0 Å². The highest BCUT2D eigenvalue weighted by atomic mass is 16.5. The molecular formula is C85H138O8. The van der Waals surface area contributed by atoms with E-state index in [2.05, 4.69) is 185 Å². The van der Waals surface area contributed by atoms with Gasteiger partial charge < -0.3 is 14.3 Å². The molecule has 6 aliphatic carbocycles. The van der Waals surface area contributed by atoms with Gasteiger partial charge >= 0.3 is 0 Å². The van der Waals surface area contributed by atoms with Crippen LogP contribution in [-0.4, -0.2) is 54.2 Å². The summed E-state index contributed by atoms with van der Waals surface area (Å²) in [5.74, 6) is 5.21. The van der Waals surface area contributed by atoms with Crippen molar-refractivity contribution < 1.29 is 38.3 Å². The lowest BCUT2D eigenvalue weighted by Crippen LogP contribution is -2.27. The summed E-state index contributed by atoms with van der Waals surface area (Å²) in [5.41, 5.74) is 11.4. The first-order chi connectivity index (χ1) is 42.9. The number of allylic oxidation sites excluding steroid dienone is 20. The minimum absolute atomic E-state index is 0.0571. The van der Waals surface area contributed by atoms with Gasteiger partial charge in [0.25, 0.3) is 0 Å². The Labute approximate surface area is 571 Å². The van der Waals surface area contributed by atoms with Gasteiger partial charge in [0.15, 0.2) is 11.6 Å². The van der Waals surface area contributed by atoms with Crippen molar-refractivity contribution in [2.75, 3.05) is 7.11 Å². The molecule has 6 rings (SSSR count). The van der Waals surface area contributed by atoms with Crippen molar-refractivity contribution in [3.05, 3.63) is 118 Å². The first-order valence-electron chi connectivity index (χ1n) is 35.7. The molecule has 0 spiro atoms. The number of methoxy groups -OCH3 is 1. The highest BCUT2D eigenvalue weighted by Crippen LogP contribution is 2.49. The van der Waals surface area contributed by atoms with E-state index in [1.54, 1.807) is 34.0 Å². The molecule has 8 unspecified atom stereocenters. The Bertz CT molecular complexity index is 2750. The fraction of sp³-hybridized carbons (Fsp3) is 0.682. The van der Waals surface area contributed by atoms with Crippen LogP contribution in [0.25, 0.3) is 0 Å². The molecule has 6 aliphatic rings. The number of Topliss-reactive ketones (excluding diaryl/α,β-unsaturated/α-hetero) is 5. The van der Waals surface area contributed by atoms with Gasteiger partial charge in [0, 0.05) is 58.0 Å². The van der Waals surface area contributed by atoms with Crippen LogP contribution in [0.3, 0.4) is 0 Å². The molecule has 0 saturated heterocycles. The fourth-order valence-electron chi connectivity index (χ4n) is 12.3. The summed E-state index contributed by atoms with van der Waals surface area (Å²) in [7, 11) is 1.72. The van der Waals surface area contributed by atoms with Crippen LogP contribution in [0.15, 0.2) is 118 Å². The molecule has 526 valence electrons. The van der Waals surface area contributed by atoms with Crippen LogP contribution < -0.4 is 0 Å². The quantitative estimate of drug-likeness (QED) is 0.0562. The molecule has 93 heavy (non-hydrogen) atoms. The summed E-state index contributed by atoms with van der Waals surface area (Å²) in [6.45, 7) is 56.8. The number of ether oxygens (including phenoxy) is 1. The summed E-state index contributed by atoms with van der Waals surface area (Å²) < 4.78 is 5.47. The Morgan fingerprint density at radius 3 is 1.19 bits per heavy atom. The predicted octanol–water partition coefficient (Wildman–Crippen LogP) is 22.8. The molecule has 0 radical (unpaired) electrons. The second-order valence-corrected chi connectivity index (χ2v) is 31.2. The van der Waals surface area contributed by atoms with Crippen LogP contribution in [0.5, 0.6) is 0 Å². The van der Waals surface area contributed by atoms with Gasteiger partial charge in [0.05, 0.1) is 6.10 Å². The van der Waals surface area contributed by atoms with Gasteiger partial charge in [-0.15, -0.1) is 0 Å². The topological polar surface area (TPSA) is 129 Å². The molecule has 0 aromatic carbocycles. The Hall–Kier alpha value is -4.95. The molecule has 0 N–H and O–H groups in total. The standard InChI is InChI=1S/C15H26O2.4C14H22O.C10H16O.C4H8O/c1-6-13(16)10-14(17-5)9-12-8-7-11(2)15(12,3)4;2*1-10(12(3)15)6-8-13-9-7-11(2)14(13,4)5;2*1-5-13(15)8-6-7-12-10-9-11(2)14(12,3)4;1-8-4-5-9(6-7-11)10(8,2)3;1-3-4(2)5/h7,12,14H,6,8-10H2,1-5H3;6-7,13H,8-9H2,1-5H3;6-8,10,13H,9H2,1-5H3;6,8-9,12H,5,7,10H2,1-4H3;6-7,9,12H,5,8,10H2,1-4H3;4,7,9H,5-6H2,1-3H3;3H2,1-2H3/b;10-6+;2*8-6+;7-6+;;. The number of hydrogen-bond acceptors (Lipinski definition) is 8. The zero-order chi connectivity index (χ0) is 72.0. The second kappa shape index (κ2) is 41.2. The minimum Gasteiger partial charge on any atom is -0.381 e. The van der Waals surface area contributed by atoms with E-state index in [1.807, 2.05) is 53.7 Å². The molecule has 0 bridgehead atoms. The number of rotatable bonds is 23. The first kappa shape index (κ1) is 88.0. The third-order valence-corrected chi connectivity index (χ3v) is 23.6. The van der Waals surface area contributed by atoms with E-state index >= 15 is 0 Å². The van der Waals surface area contributed by atoms with Crippen LogP contribution in [-0.2, 0) is 38.3 Å². The number of hydrogen-bond donors (Lipinski definition) is 0. The Kier molecular flexibility index (Phi) is 39.0. The van der Waals surface area contributed by atoms with Crippen LogP contribution in [0, 0.1) is 73.9 Å². The van der Waals surface area contributed by atoms with Crippen molar-refractivity contribution in [1.29, 1.82) is 0 Å². The van der Waals surface area contributed by atoms with Gasteiger partial charge in [0.1, 0.15) is 29.4 Å². The lowest BCUT2D eigenvalue weighted by Gasteiger charge is -2.32. The average molecular weight is 1290 g/mol. The van der Waals surface area contributed by atoms with Crippen molar-refractivity contribution in [3.63, 3.8) is 0 Å². The SMILES string of the molecule is CC(=O)/C(C)=C/CC1CC=C(C)C1(C)C.CC(=O)C(C)/C=C/C1CC=C(C)C1(C)C.CC1=CCC(CC=O)C1(C)C.CCC(=O)/C=C/CC1CC=C(C)C1(C)C.CCC(=O)C/C=C/C1CC=C(C)C1(C)C.CCC(=O)CC(CC1CC=C(C)C1(C)C)OC.CCC(C)=O. The Balaban J connectivity index is 0.00000108. The summed E-state index contributed by atoms with van der Waals surface area (Å²) >= 11 is 0. The highest BCUT2D eigenvalue weighted by molar-refractivity contribution is 5.92. The van der Waals surface area contributed by atoms with E-state index in [4.69, 9.17) is 4.74 Å². The van der Waals surface area contributed by atoms with E-state index in [1.165, 1.54) is 33.4 Å². The average Bonchev–Trinajstić information content (AvgIpc) is 1.78. The van der Waals surface area contributed by atoms with E-state index in [0.717, 1.165) is 69.6 Å². The molecule has 8 nitrogen and oxygen atoms in total. The lowest BCUT2D eigenvalue weighted by molar-refractivity contribution is -0.122. The van der Waals surface area contributed by atoms with Crippen molar-refractivity contribution in [2.24, 2.45) is 73.9 Å². The Morgan fingerprint density at radius 2 is 0.871 bits per heavy atom. The zero-order valence-corrected chi connectivity index (χ0v) is 64.8. The van der Waals surface area contributed by atoms with Crippen LogP contribution in [0.2, 0.25) is 0 Å². The number of aldehydes is 1. The summed E-state index contributed by atoms with van der Waals surface area (Å²) in [6, 6.07) is 0. The molecule has 8 heteroatoms. The molecular weight excluding hydrogens is 1150 g/mol. The number of carbonyl (C=O) groups is 7. The normalized spacial score (nSPS) is 24.5. The van der Waals surface area contributed by atoms with Gasteiger partial charge in [-0.05, 0) is 207 Å². The lowest BCUT2D eigenvalue weighted by atomic mass is 9.75. The van der Waals surface area contributed by atoms with Crippen molar-refractivity contribution in [2.45, 2.75) is 296 Å². The van der Waals surface area contributed by atoms with Crippen LogP contribution >= 0.6 is 0 Å². The third kappa shape index (κ3) is 28.7. The maximum absolute atomic E-state index is 11.5. The molecule has 0 amide bonds. The molecule has 0 aliphatic heterocycles. The molecule has 0 aromatic heterocycles. The van der Waals surface area contributed by atoms with Gasteiger partial charge in [-0.25, -0.2) is 0 Å². The number of carbonyl (C=O) groups excluding carboxylic acids is 7. The maximum atomic E-state index is 11.5. The molecule has 8 atom stereocenters. The zero-order valence-electron chi connectivity index (χ0n) is 64.8. The summed E-state index contributed by atoms with van der Waals surface area (Å²) in [5, 5.41) is 0. The van der Waals surface area contributed by atoms with Gasteiger partial charge in [-0.3, -0.25) is 24.0 Å². The van der Waals surface area contributed by atoms with E-state index in [-0.39, 0.29) is 56.8 Å². The van der Waals surface area contributed by atoms with Gasteiger partial charge in [-0.1, -0.05) is 224 Å². The minimum atomic E-state index is 0.0571. The first-order valence-corrected chi connectivity index (χ1v) is 35.7. The number of ketones is 6. The van der Waals surface area contributed by atoms with Crippen molar-refractivity contribution in [1.82, 2.24) is 0 Å². The Morgan fingerprint density at radius 1 is 0.495 bits per heavy atom. The van der Waals surface area contributed by atoms with Gasteiger partial charge in [-0.2, -0.15) is 0 Å². The monoisotopic (exact) mass is 1290 g/mol. The molecule has 0 aromatic rings. The predicted molar refractivity (Wildman–Crippen MR) is 397 cm³/mol. The molecule has 0 saturated carbocycles.